The molecule has 7 heteroatoms. The first-order valence-corrected chi connectivity index (χ1v) is 12.4. The van der Waals surface area contributed by atoms with Crippen molar-refractivity contribution in [1.82, 2.24) is 25.0 Å². The van der Waals surface area contributed by atoms with Crippen molar-refractivity contribution >= 4 is 27.3 Å². The zero-order valence-corrected chi connectivity index (χ0v) is 19.9. The van der Waals surface area contributed by atoms with Crippen LogP contribution in [0, 0.1) is 0 Å². The minimum Gasteiger partial charge on any atom is -0.347 e. The van der Waals surface area contributed by atoms with Gasteiger partial charge in [-0.05, 0) is 68.4 Å². The minimum absolute atomic E-state index is 0.0944. The first-order chi connectivity index (χ1) is 16.1. The lowest BCUT2D eigenvalue weighted by molar-refractivity contribution is 0.0943. The van der Waals surface area contributed by atoms with Crippen molar-refractivity contribution in [2.45, 2.75) is 51.9 Å². The van der Waals surface area contributed by atoms with Gasteiger partial charge in [0.15, 0.2) is 5.69 Å². The van der Waals surface area contributed by atoms with Gasteiger partial charge in [0.25, 0.3) is 5.91 Å². The van der Waals surface area contributed by atoms with Crippen molar-refractivity contribution in [3.8, 4) is 0 Å². The van der Waals surface area contributed by atoms with Crippen molar-refractivity contribution in [3.63, 3.8) is 0 Å². The average Bonchev–Trinajstić information content (AvgIpc) is 3.43. The summed E-state index contributed by atoms with van der Waals surface area (Å²) in [4.78, 5) is 20.9. The van der Waals surface area contributed by atoms with Crippen LogP contribution in [0.2, 0.25) is 0 Å². The van der Waals surface area contributed by atoms with Crippen molar-refractivity contribution in [1.29, 1.82) is 0 Å². The van der Waals surface area contributed by atoms with E-state index in [9.17, 15) is 4.79 Å². The Balaban J connectivity index is 1.31. The zero-order valence-electron chi connectivity index (χ0n) is 19.1. The normalized spacial score (nSPS) is 15.7. The van der Waals surface area contributed by atoms with Crippen LogP contribution >= 0.6 is 11.3 Å². The molecule has 1 aliphatic rings. The van der Waals surface area contributed by atoms with Crippen LogP contribution in [-0.2, 0) is 32.5 Å². The molecule has 1 unspecified atom stereocenters. The van der Waals surface area contributed by atoms with Crippen LogP contribution in [-0.4, -0.2) is 38.7 Å². The highest BCUT2D eigenvalue weighted by Gasteiger charge is 2.30. The van der Waals surface area contributed by atoms with Gasteiger partial charge in [-0.15, -0.1) is 11.3 Å². The average molecular weight is 460 g/mol. The number of benzene rings is 1. The van der Waals surface area contributed by atoms with Gasteiger partial charge < -0.3 is 5.32 Å². The number of pyridine rings is 1. The highest BCUT2D eigenvalue weighted by Crippen LogP contribution is 2.30. The number of thiophene rings is 1. The lowest BCUT2D eigenvalue weighted by Crippen LogP contribution is -2.36. The van der Waals surface area contributed by atoms with Gasteiger partial charge in [-0.1, -0.05) is 18.2 Å². The number of likely N-dealkylation sites (N-methyl/N-ethyl adjacent to an activating group) is 1. The molecule has 3 heterocycles. The number of carbonyl (C=O) groups is 1. The van der Waals surface area contributed by atoms with Crippen LogP contribution < -0.4 is 5.32 Å². The van der Waals surface area contributed by atoms with Crippen LogP contribution in [0.3, 0.4) is 0 Å². The third-order valence-electron chi connectivity index (χ3n) is 6.54. The maximum atomic E-state index is 13.1. The molecule has 1 atom stereocenters. The molecule has 4 aromatic rings. The van der Waals surface area contributed by atoms with E-state index in [1.165, 1.54) is 20.7 Å². The van der Waals surface area contributed by atoms with Crippen LogP contribution in [0.4, 0.5) is 0 Å². The summed E-state index contributed by atoms with van der Waals surface area (Å²) in [5.41, 5.74) is 3.95. The largest absolute Gasteiger partial charge is 0.347 e. The predicted octanol–water partition coefficient (Wildman–Crippen LogP) is 4.43. The maximum absolute atomic E-state index is 13.1. The quantitative estimate of drug-likeness (QED) is 0.444. The van der Waals surface area contributed by atoms with E-state index in [4.69, 9.17) is 5.10 Å². The lowest BCUT2D eigenvalue weighted by Gasteiger charge is -2.31. The van der Waals surface area contributed by atoms with Crippen molar-refractivity contribution < 1.29 is 4.79 Å². The highest BCUT2D eigenvalue weighted by atomic mass is 32.1. The molecule has 5 rings (SSSR count). The Hall–Kier alpha value is -3.03. The predicted molar refractivity (Wildman–Crippen MR) is 132 cm³/mol. The number of hydrogen-bond donors (Lipinski definition) is 1. The molecule has 1 N–H and O–H groups in total. The highest BCUT2D eigenvalue weighted by molar-refractivity contribution is 7.19. The standard InChI is InChI=1S/C26H29N5OS/c1-3-31-23-9-8-20(30(2)17-21-14-19-6-4-5-7-24(19)33-21)15-22(23)25(29-31)26(32)28-16-18-10-12-27-13-11-18/h4-7,10-14,20H,3,8-9,15-17H2,1-2H3,(H,28,32). The lowest BCUT2D eigenvalue weighted by atomic mass is 9.90. The molecule has 3 aromatic heterocycles. The molecule has 0 spiro atoms. The first kappa shape index (κ1) is 21.8. The molecule has 6 nitrogen and oxygen atoms in total. The van der Waals surface area contributed by atoms with Crippen LogP contribution in [0.1, 0.15) is 45.5 Å². The molecule has 1 aromatic carbocycles. The number of hydrogen-bond acceptors (Lipinski definition) is 5. The number of amides is 1. The fraction of sp³-hybridized carbons (Fsp3) is 0.346. The number of nitrogens with one attached hydrogen (secondary N) is 1. The summed E-state index contributed by atoms with van der Waals surface area (Å²) in [5.74, 6) is -0.0944. The van der Waals surface area contributed by atoms with Gasteiger partial charge in [0.1, 0.15) is 0 Å². The second kappa shape index (κ2) is 9.45. The Bertz CT molecular complexity index is 1230. The summed E-state index contributed by atoms with van der Waals surface area (Å²) >= 11 is 1.87. The van der Waals surface area contributed by atoms with E-state index in [1.807, 2.05) is 28.2 Å². The van der Waals surface area contributed by atoms with Gasteiger partial charge in [-0.25, -0.2) is 0 Å². The van der Waals surface area contributed by atoms with Crippen LogP contribution in [0.5, 0.6) is 0 Å². The van der Waals surface area contributed by atoms with Gasteiger partial charge in [-0.2, -0.15) is 5.10 Å². The summed E-state index contributed by atoms with van der Waals surface area (Å²) in [6.45, 7) is 4.27. The van der Waals surface area contributed by atoms with E-state index in [1.54, 1.807) is 12.4 Å². The second-order valence-corrected chi connectivity index (χ2v) is 9.86. The molecule has 0 saturated heterocycles. The van der Waals surface area contributed by atoms with Gasteiger partial charge in [0.2, 0.25) is 0 Å². The zero-order chi connectivity index (χ0) is 22.8. The molecule has 1 aliphatic carbocycles. The Labute approximate surface area is 198 Å². The third-order valence-corrected chi connectivity index (χ3v) is 7.64. The molecule has 0 saturated carbocycles. The first-order valence-electron chi connectivity index (χ1n) is 11.6. The molecule has 33 heavy (non-hydrogen) atoms. The molecular formula is C26H29N5OS. The topological polar surface area (TPSA) is 63.1 Å². The molecule has 0 bridgehead atoms. The summed E-state index contributed by atoms with van der Waals surface area (Å²) in [6.07, 6.45) is 6.38. The van der Waals surface area contributed by atoms with Crippen molar-refractivity contribution in [2.24, 2.45) is 0 Å². The second-order valence-electron chi connectivity index (χ2n) is 8.69. The summed E-state index contributed by atoms with van der Waals surface area (Å²) < 4.78 is 3.35. The Morgan fingerprint density at radius 3 is 2.85 bits per heavy atom. The molecule has 170 valence electrons. The van der Waals surface area contributed by atoms with Gasteiger partial charge >= 0.3 is 0 Å². The van der Waals surface area contributed by atoms with E-state index >= 15 is 0 Å². The van der Waals surface area contributed by atoms with Crippen molar-refractivity contribution in [3.05, 3.63) is 82.3 Å². The molecular weight excluding hydrogens is 430 g/mol. The monoisotopic (exact) mass is 459 g/mol. The fourth-order valence-corrected chi connectivity index (χ4v) is 5.87. The summed E-state index contributed by atoms with van der Waals surface area (Å²) in [7, 11) is 2.20. The third kappa shape index (κ3) is 4.56. The van der Waals surface area contributed by atoms with Gasteiger partial charge in [-0.3, -0.25) is 19.4 Å². The summed E-state index contributed by atoms with van der Waals surface area (Å²) in [5, 5.41) is 9.07. The number of nitrogens with zero attached hydrogens (tertiary/aromatic N) is 4. The molecule has 1 amide bonds. The van der Waals surface area contributed by atoms with E-state index in [0.29, 0.717) is 18.3 Å². The van der Waals surface area contributed by atoms with Gasteiger partial charge in [0, 0.05) is 58.9 Å². The SMILES string of the molecule is CCn1nc(C(=O)NCc2ccncc2)c2c1CCC(N(C)Cc1cc3ccccc3s1)C2. The summed E-state index contributed by atoms with van der Waals surface area (Å²) in [6, 6.07) is 15.1. The minimum atomic E-state index is -0.0944. The maximum Gasteiger partial charge on any atom is 0.272 e. The number of aromatic nitrogens is 3. The fourth-order valence-electron chi connectivity index (χ4n) is 4.75. The van der Waals surface area contributed by atoms with Gasteiger partial charge in [0.05, 0.1) is 0 Å². The molecule has 0 radical (unpaired) electrons. The number of fused-ring (bicyclic) bond motifs is 2. The van der Waals surface area contributed by atoms with E-state index < -0.39 is 0 Å². The van der Waals surface area contributed by atoms with Crippen LogP contribution in [0.25, 0.3) is 10.1 Å². The van der Waals surface area contributed by atoms with Crippen LogP contribution in [0.15, 0.2) is 54.9 Å². The molecule has 0 fully saturated rings. The Morgan fingerprint density at radius 2 is 2.06 bits per heavy atom. The van der Waals surface area contributed by atoms with E-state index in [-0.39, 0.29) is 5.91 Å². The number of rotatable bonds is 7. The van der Waals surface area contributed by atoms with E-state index in [0.717, 1.165) is 43.5 Å². The van der Waals surface area contributed by atoms with E-state index in [2.05, 4.69) is 59.5 Å². The van der Waals surface area contributed by atoms with Crippen molar-refractivity contribution in [2.75, 3.05) is 7.05 Å². The Morgan fingerprint density at radius 1 is 1.24 bits per heavy atom. The number of carbonyl (C=O) groups excluding carboxylic acids is 1. The molecule has 0 aliphatic heterocycles. The number of aryl methyl sites for hydroxylation is 1. The Kier molecular flexibility index (Phi) is 6.24. The smallest absolute Gasteiger partial charge is 0.272 e.